The fraction of sp³-hybridized carbons (Fsp3) is 1.00. The first-order valence-corrected chi connectivity index (χ1v) is 8.42. The Kier molecular flexibility index (Phi) is 18.6. The first-order chi connectivity index (χ1) is 10.8. The van der Waals surface area contributed by atoms with Crippen LogP contribution in [0.2, 0.25) is 0 Å². The molecule has 6 nitrogen and oxygen atoms in total. The van der Waals surface area contributed by atoms with Gasteiger partial charge in [0.25, 0.3) is 0 Å². The quantitative estimate of drug-likeness (QED) is 0.307. The molecule has 22 heavy (non-hydrogen) atoms. The van der Waals surface area contributed by atoms with Crippen molar-refractivity contribution in [2.24, 2.45) is 0 Å². The van der Waals surface area contributed by atoms with Gasteiger partial charge in [-0.15, -0.1) is 0 Å². The molecule has 1 atom stereocenters. The highest BCUT2D eigenvalue weighted by Gasteiger charge is 2.09. The van der Waals surface area contributed by atoms with E-state index >= 15 is 0 Å². The van der Waals surface area contributed by atoms with Crippen LogP contribution in [-0.4, -0.2) is 70.9 Å². The van der Waals surface area contributed by atoms with Crippen LogP contribution in [0.15, 0.2) is 0 Å². The van der Waals surface area contributed by atoms with Crippen molar-refractivity contribution in [2.45, 2.75) is 45.8 Å². The Morgan fingerprint density at radius 3 is 1.86 bits per heavy atom. The minimum Gasteiger partial charge on any atom is -0.394 e. The number of aliphatic hydroxyl groups excluding tert-OH is 1. The van der Waals surface area contributed by atoms with Gasteiger partial charge in [-0.2, -0.15) is 0 Å². The molecule has 6 heteroatoms. The molecule has 1 unspecified atom stereocenters. The van der Waals surface area contributed by atoms with E-state index in [1.807, 2.05) is 0 Å². The minimum atomic E-state index is -0.420. The monoisotopic (exact) mass is 322 g/mol. The van der Waals surface area contributed by atoms with E-state index in [0.717, 1.165) is 32.3 Å². The van der Waals surface area contributed by atoms with Gasteiger partial charge >= 0.3 is 0 Å². The Morgan fingerprint density at radius 2 is 1.23 bits per heavy atom. The average Bonchev–Trinajstić information content (AvgIpc) is 2.53. The number of ether oxygens (including phenoxy) is 5. The number of rotatable bonds is 18. The maximum absolute atomic E-state index is 8.78. The predicted octanol–water partition coefficient (Wildman–Crippen LogP) is 1.99. The Morgan fingerprint density at radius 1 is 0.682 bits per heavy atom. The fourth-order valence-corrected chi connectivity index (χ4v) is 1.55. The lowest BCUT2D eigenvalue weighted by Crippen LogP contribution is -2.26. The second-order valence-corrected chi connectivity index (χ2v) is 4.90. The van der Waals surface area contributed by atoms with Crippen molar-refractivity contribution in [3.63, 3.8) is 0 Å². The maximum Gasteiger partial charge on any atom is 0.180 e. The molecular weight excluding hydrogens is 288 g/mol. The van der Waals surface area contributed by atoms with Gasteiger partial charge in [0.1, 0.15) is 0 Å². The molecule has 0 aliphatic carbocycles. The molecular formula is C16H34O6. The van der Waals surface area contributed by atoms with Gasteiger partial charge in [-0.05, 0) is 12.8 Å². The third-order valence-corrected chi connectivity index (χ3v) is 2.84. The van der Waals surface area contributed by atoms with Crippen molar-refractivity contribution in [1.82, 2.24) is 0 Å². The van der Waals surface area contributed by atoms with Crippen LogP contribution in [-0.2, 0) is 23.7 Å². The summed E-state index contributed by atoms with van der Waals surface area (Å²) in [6, 6.07) is 0. The number of unbranched alkanes of at least 4 members (excludes halogenated alkanes) is 2. The summed E-state index contributed by atoms with van der Waals surface area (Å²) in [5, 5.41) is 8.78. The van der Waals surface area contributed by atoms with Crippen LogP contribution in [0.25, 0.3) is 0 Å². The van der Waals surface area contributed by atoms with E-state index in [9.17, 15) is 0 Å². The molecule has 0 heterocycles. The molecule has 0 saturated carbocycles. The maximum atomic E-state index is 8.78. The van der Waals surface area contributed by atoms with Crippen LogP contribution in [0, 0.1) is 0 Å². The lowest BCUT2D eigenvalue weighted by molar-refractivity contribution is -0.178. The van der Waals surface area contributed by atoms with Gasteiger partial charge in [-0.3, -0.25) is 0 Å². The van der Waals surface area contributed by atoms with Crippen LogP contribution in [0.1, 0.15) is 39.5 Å². The summed E-state index contributed by atoms with van der Waals surface area (Å²) in [6.45, 7) is 8.50. The van der Waals surface area contributed by atoms with Gasteiger partial charge in [-0.25, -0.2) is 0 Å². The van der Waals surface area contributed by atoms with Gasteiger partial charge < -0.3 is 28.8 Å². The molecule has 0 aliphatic heterocycles. The molecule has 134 valence electrons. The molecule has 0 bridgehead atoms. The molecule has 0 spiro atoms. The zero-order valence-corrected chi connectivity index (χ0v) is 14.3. The van der Waals surface area contributed by atoms with E-state index in [0.29, 0.717) is 39.6 Å². The summed E-state index contributed by atoms with van der Waals surface area (Å²) in [7, 11) is 0. The van der Waals surface area contributed by atoms with Gasteiger partial charge in [0, 0.05) is 13.2 Å². The SMILES string of the molecule is CCCCOCCOCCOCC(OCCO)OCCCC. The molecule has 1 N–H and O–H groups in total. The van der Waals surface area contributed by atoms with Crippen LogP contribution in [0.5, 0.6) is 0 Å². The molecule has 0 radical (unpaired) electrons. The molecule has 0 fully saturated rings. The molecule has 0 aliphatic rings. The van der Waals surface area contributed by atoms with E-state index in [1.165, 1.54) is 0 Å². The lowest BCUT2D eigenvalue weighted by Gasteiger charge is -2.18. The average molecular weight is 322 g/mol. The summed E-state index contributed by atoms with van der Waals surface area (Å²) in [5.41, 5.74) is 0. The van der Waals surface area contributed by atoms with Crippen LogP contribution in [0.4, 0.5) is 0 Å². The number of hydrogen-bond donors (Lipinski definition) is 1. The molecule has 0 aromatic heterocycles. The standard InChI is InChI=1S/C16H34O6/c1-3-5-8-18-11-12-19-13-14-20-15-16(22-10-7-17)21-9-6-4-2/h16-17H,3-15H2,1-2H3. The minimum absolute atomic E-state index is 0.0191. The predicted molar refractivity (Wildman–Crippen MR) is 85.1 cm³/mol. The zero-order chi connectivity index (χ0) is 16.3. The second-order valence-electron chi connectivity index (χ2n) is 4.90. The highest BCUT2D eigenvalue weighted by Crippen LogP contribution is 1.99. The summed E-state index contributed by atoms with van der Waals surface area (Å²) < 4.78 is 27.2. The van der Waals surface area contributed by atoms with E-state index in [-0.39, 0.29) is 13.2 Å². The lowest BCUT2D eigenvalue weighted by atomic mass is 10.4. The van der Waals surface area contributed by atoms with Gasteiger partial charge in [-0.1, -0.05) is 26.7 Å². The Bertz CT molecular complexity index is 203. The largest absolute Gasteiger partial charge is 0.394 e. The molecule has 0 aromatic rings. The Labute approximate surface area is 135 Å². The fourth-order valence-electron chi connectivity index (χ4n) is 1.55. The van der Waals surface area contributed by atoms with E-state index < -0.39 is 6.29 Å². The first kappa shape index (κ1) is 21.8. The Hall–Kier alpha value is -0.240. The van der Waals surface area contributed by atoms with Crippen molar-refractivity contribution in [3.05, 3.63) is 0 Å². The van der Waals surface area contributed by atoms with Gasteiger partial charge in [0.2, 0.25) is 0 Å². The van der Waals surface area contributed by atoms with Gasteiger partial charge in [0.05, 0.1) is 46.2 Å². The van der Waals surface area contributed by atoms with Crippen molar-refractivity contribution < 1.29 is 28.8 Å². The van der Waals surface area contributed by atoms with Crippen molar-refractivity contribution in [1.29, 1.82) is 0 Å². The van der Waals surface area contributed by atoms with Crippen molar-refractivity contribution in [3.8, 4) is 0 Å². The summed E-state index contributed by atoms with van der Waals surface area (Å²) >= 11 is 0. The van der Waals surface area contributed by atoms with E-state index in [2.05, 4.69) is 13.8 Å². The van der Waals surface area contributed by atoms with Crippen LogP contribution in [0.3, 0.4) is 0 Å². The van der Waals surface area contributed by atoms with Gasteiger partial charge in [0.15, 0.2) is 6.29 Å². The normalized spacial score (nSPS) is 12.7. The summed E-state index contributed by atoms with van der Waals surface area (Å²) in [5.74, 6) is 0. The van der Waals surface area contributed by atoms with Crippen LogP contribution < -0.4 is 0 Å². The smallest absolute Gasteiger partial charge is 0.180 e. The Balaban J connectivity index is 3.41. The highest BCUT2D eigenvalue weighted by atomic mass is 16.7. The highest BCUT2D eigenvalue weighted by molar-refractivity contribution is 4.45. The number of aliphatic hydroxyl groups is 1. The molecule has 0 saturated heterocycles. The second kappa shape index (κ2) is 18.8. The summed E-state index contributed by atoms with van der Waals surface area (Å²) in [4.78, 5) is 0. The molecule has 0 amide bonds. The topological polar surface area (TPSA) is 66.4 Å². The summed E-state index contributed by atoms with van der Waals surface area (Å²) in [6.07, 6.45) is 3.88. The first-order valence-electron chi connectivity index (χ1n) is 8.42. The molecule has 0 rings (SSSR count). The zero-order valence-electron chi connectivity index (χ0n) is 14.3. The third-order valence-electron chi connectivity index (χ3n) is 2.84. The van der Waals surface area contributed by atoms with Crippen LogP contribution >= 0.6 is 0 Å². The van der Waals surface area contributed by atoms with Crippen molar-refractivity contribution >= 4 is 0 Å². The third kappa shape index (κ3) is 16.1. The number of hydrogen-bond acceptors (Lipinski definition) is 6. The van der Waals surface area contributed by atoms with E-state index in [4.69, 9.17) is 28.8 Å². The van der Waals surface area contributed by atoms with E-state index in [1.54, 1.807) is 0 Å². The van der Waals surface area contributed by atoms with Crippen molar-refractivity contribution in [2.75, 3.05) is 59.5 Å². The molecule has 0 aromatic carbocycles.